The van der Waals surface area contributed by atoms with Crippen LogP contribution in [0.2, 0.25) is 0 Å². The maximum absolute atomic E-state index is 13.9. The molecule has 1 atom stereocenters. The highest BCUT2D eigenvalue weighted by atomic mass is 32.2. The Bertz CT molecular complexity index is 1170. The number of aromatic nitrogens is 2. The van der Waals surface area contributed by atoms with Crippen LogP contribution in [0.1, 0.15) is 12.0 Å². The van der Waals surface area contributed by atoms with E-state index in [4.69, 9.17) is 4.42 Å². The molecule has 1 aromatic heterocycles. The van der Waals surface area contributed by atoms with Gasteiger partial charge in [-0.3, -0.25) is 4.79 Å². The molecular weight excluding hydrogens is 441 g/mol. The molecule has 1 unspecified atom stereocenters. The average molecular weight is 462 g/mol. The summed E-state index contributed by atoms with van der Waals surface area (Å²) >= 11 is 1.04. The number of thioether (sulfide) groups is 1. The Morgan fingerprint density at radius 3 is 2.58 bits per heavy atom. The number of sulfone groups is 1. The standard InChI is InChI=1S/C21H20FN3O4S2/c22-18-9-5-4-8-17(18)20-23-24-21(29-20)30-13-19(26)25(12-15-6-2-1-3-7-15)16-10-11-31(27,28)14-16/h1-9,16H,10-14H2. The van der Waals surface area contributed by atoms with Crippen molar-refractivity contribution in [2.45, 2.75) is 24.2 Å². The molecule has 1 aliphatic rings. The normalized spacial score (nSPS) is 17.5. The summed E-state index contributed by atoms with van der Waals surface area (Å²) in [7, 11) is -3.14. The molecule has 0 N–H and O–H groups in total. The van der Waals surface area contributed by atoms with Gasteiger partial charge in [0.2, 0.25) is 5.91 Å². The first-order valence-corrected chi connectivity index (χ1v) is 12.5. The van der Waals surface area contributed by atoms with Gasteiger partial charge in [-0.25, -0.2) is 12.8 Å². The summed E-state index contributed by atoms with van der Waals surface area (Å²) in [5.74, 6) is -0.608. The van der Waals surface area contributed by atoms with Crippen molar-refractivity contribution in [2.75, 3.05) is 17.3 Å². The van der Waals surface area contributed by atoms with Crippen molar-refractivity contribution in [1.82, 2.24) is 15.1 Å². The Morgan fingerprint density at radius 1 is 1.13 bits per heavy atom. The molecule has 0 aliphatic carbocycles. The molecule has 7 nitrogen and oxygen atoms in total. The van der Waals surface area contributed by atoms with E-state index < -0.39 is 15.7 Å². The molecule has 1 amide bonds. The smallest absolute Gasteiger partial charge is 0.277 e. The van der Waals surface area contributed by atoms with Crippen molar-refractivity contribution >= 4 is 27.5 Å². The number of benzene rings is 2. The maximum atomic E-state index is 13.9. The largest absolute Gasteiger partial charge is 0.411 e. The molecule has 0 saturated carbocycles. The summed E-state index contributed by atoms with van der Waals surface area (Å²) in [4.78, 5) is 14.6. The highest BCUT2D eigenvalue weighted by Crippen LogP contribution is 2.26. The fraction of sp³-hybridized carbons (Fsp3) is 0.286. The summed E-state index contributed by atoms with van der Waals surface area (Å²) in [5, 5.41) is 7.88. The predicted octanol–water partition coefficient (Wildman–Crippen LogP) is 3.18. The number of carbonyl (C=O) groups is 1. The fourth-order valence-corrected chi connectivity index (χ4v) is 5.82. The number of rotatable bonds is 7. The zero-order valence-corrected chi connectivity index (χ0v) is 18.1. The molecule has 0 radical (unpaired) electrons. The lowest BCUT2D eigenvalue weighted by atomic mass is 10.1. The Labute approximate surface area is 183 Å². The van der Waals surface area contributed by atoms with Crippen molar-refractivity contribution in [3.8, 4) is 11.5 Å². The molecule has 162 valence electrons. The third-order valence-electron chi connectivity index (χ3n) is 5.00. The van der Waals surface area contributed by atoms with Crippen LogP contribution in [0, 0.1) is 5.82 Å². The van der Waals surface area contributed by atoms with Gasteiger partial charge in [0, 0.05) is 12.6 Å². The first-order chi connectivity index (χ1) is 14.9. The van der Waals surface area contributed by atoms with Gasteiger partial charge in [0.1, 0.15) is 5.82 Å². The first kappa shape index (κ1) is 21.5. The highest BCUT2D eigenvalue weighted by Gasteiger charge is 2.34. The van der Waals surface area contributed by atoms with Crippen molar-refractivity contribution in [2.24, 2.45) is 0 Å². The lowest BCUT2D eigenvalue weighted by molar-refractivity contribution is -0.130. The zero-order chi connectivity index (χ0) is 21.8. The molecular formula is C21H20FN3O4S2. The Hall–Kier alpha value is -2.72. The van der Waals surface area contributed by atoms with Crippen LogP contribution in [-0.2, 0) is 21.2 Å². The second kappa shape index (κ2) is 9.19. The third kappa shape index (κ3) is 5.31. The monoisotopic (exact) mass is 461 g/mol. The molecule has 1 fully saturated rings. The van der Waals surface area contributed by atoms with Gasteiger partial charge in [-0.05, 0) is 24.1 Å². The van der Waals surface area contributed by atoms with Gasteiger partial charge in [-0.2, -0.15) is 0 Å². The van der Waals surface area contributed by atoms with Gasteiger partial charge in [-0.1, -0.05) is 54.2 Å². The molecule has 2 heterocycles. The van der Waals surface area contributed by atoms with E-state index in [-0.39, 0.29) is 45.9 Å². The Kier molecular flexibility index (Phi) is 6.38. The van der Waals surface area contributed by atoms with Crippen LogP contribution in [0.4, 0.5) is 4.39 Å². The van der Waals surface area contributed by atoms with Crippen LogP contribution in [0.3, 0.4) is 0 Å². The van der Waals surface area contributed by atoms with Crippen molar-refractivity contribution in [3.63, 3.8) is 0 Å². The lowest BCUT2D eigenvalue weighted by Gasteiger charge is -2.28. The average Bonchev–Trinajstić information content (AvgIpc) is 3.37. The Morgan fingerprint density at radius 2 is 1.87 bits per heavy atom. The number of nitrogens with zero attached hydrogens (tertiary/aromatic N) is 3. The maximum Gasteiger partial charge on any atom is 0.277 e. The molecule has 0 bridgehead atoms. The third-order valence-corrected chi connectivity index (χ3v) is 7.55. The number of hydrogen-bond donors (Lipinski definition) is 0. The van der Waals surface area contributed by atoms with E-state index in [0.29, 0.717) is 13.0 Å². The van der Waals surface area contributed by atoms with Crippen LogP contribution in [0.25, 0.3) is 11.5 Å². The molecule has 0 spiro atoms. The van der Waals surface area contributed by atoms with Crippen LogP contribution >= 0.6 is 11.8 Å². The SMILES string of the molecule is O=C(CSc1nnc(-c2ccccc2F)o1)N(Cc1ccccc1)C1CCS(=O)(=O)C1. The van der Waals surface area contributed by atoms with E-state index in [2.05, 4.69) is 10.2 Å². The van der Waals surface area contributed by atoms with Gasteiger partial charge in [0.05, 0.1) is 22.8 Å². The summed E-state index contributed by atoms with van der Waals surface area (Å²) in [6.45, 7) is 0.324. The molecule has 4 rings (SSSR count). The number of carbonyl (C=O) groups excluding carboxylic acids is 1. The van der Waals surface area contributed by atoms with Crippen molar-refractivity contribution in [3.05, 3.63) is 66.0 Å². The van der Waals surface area contributed by atoms with Gasteiger partial charge >= 0.3 is 0 Å². The minimum Gasteiger partial charge on any atom is -0.411 e. The minimum atomic E-state index is -3.14. The van der Waals surface area contributed by atoms with E-state index in [1.165, 1.54) is 12.1 Å². The molecule has 1 saturated heterocycles. The van der Waals surface area contributed by atoms with Crippen molar-refractivity contribution < 1.29 is 22.0 Å². The van der Waals surface area contributed by atoms with E-state index in [0.717, 1.165) is 17.3 Å². The molecule has 2 aromatic carbocycles. The van der Waals surface area contributed by atoms with E-state index in [9.17, 15) is 17.6 Å². The topological polar surface area (TPSA) is 93.4 Å². The number of halogens is 1. The summed E-state index contributed by atoms with van der Waals surface area (Å²) in [6.07, 6.45) is 0.420. The highest BCUT2D eigenvalue weighted by molar-refractivity contribution is 7.99. The summed E-state index contributed by atoms with van der Waals surface area (Å²) in [6, 6.07) is 15.1. The summed E-state index contributed by atoms with van der Waals surface area (Å²) < 4.78 is 43.3. The van der Waals surface area contributed by atoms with Gasteiger partial charge in [0.15, 0.2) is 9.84 Å². The molecule has 10 heteroatoms. The number of amides is 1. The fourth-order valence-electron chi connectivity index (χ4n) is 3.44. The molecule has 3 aromatic rings. The van der Waals surface area contributed by atoms with E-state index >= 15 is 0 Å². The second-order valence-corrected chi connectivity index (χ2v) is 10.4. The molecule has 31 heavy (non-hydrogen) atoms. The Balaban J connectivity index is 1.46. The quantitative estimate of drug-likeness (QED) is 0.499. The van der Waals surface area contributed by atoms with Crippen molar-refractivity contribution in [1.29, 1.82) is 0 Å². The van der Waals surface area contributed by atoms with Crippen LogP contribution in [0.15, 0.2) is 64.2 Å². The van der Waals surface area contributed by atoms with Crippen LogP contribution < -0.4 is 0 Å². The van der Waals surface area contributed by atoms with Gasteiger partial charge < -0.3 is 9.32 Å². The summed E-state index contributed by atoms with van der Waals surface area (Å²) in [5.41, 5.74) is 1.11. The molecule has 1 aliphatic heterocycles. The van der Waals surface area contributed by atoms with Gasteiger partial charge in [-0.15, -0.1) is 10.2 Å². The van der Waals surface area contributed by atoms with E-state index in [1.807, 2.05) is 30.3 Å². The van der Waals surface area contributed by atoms with Gasteiger partial charge in [0.25, 0.3) is 11.1 Å². The predicted molar refractivity (Wildman–Crippen MR) is 114 cm³/mol. The second-order valence-electron chi connectivity index (χ2n) is 7.21. The van der Waals surface area contributed by atoms with E-state index in [1.54, 1.807) is 17.0 Å². The zero-order valence-electron chi connectivity index (χ0n) is 16.5. The number of hydrogen-bond acceptors (Lipinski definition) is 7. The van der Waals surface area contributed by atoms with Crippen LogP contribution in [-0.4, -0.2) is 52.7 Å². The minimum absolute atomic E-state index is 0.00227. The lowest BCUT2D eigenvalue weighted by Crippen LogP contribution is -2.41. The van der Waals surface area contributed by atoms with Crippen LogP contribution in [0.5, 0.6) is 0 Å². The first-order valence-electron chi connectivity index (χ1n) is 9.66.